The average Bonchev–Trinajstić information content (AvgIpc) is 2.38. The zero-order chi connectivity index (χ0) is 13.8. The van der Waals surface area contributed by atoms with Crippen molar-refractivity contribution in [2.45, 2.75) is 26.3 Å². The van der Waals surface area contributed by atoms with Crippen LogP contribution in [-0.4, -0.2) is 19.1 Å². The van der Waals surface area contributed by atoms with Crippen molar-refractivity contribution in [2.24, 2.45) is 0 Å². The summed E-state index contributed by atoms with van der Waals surface area (Å²) in [7, 11) is 1.68. The molecule has 0 aliphatic rings. The molecule has 100 valence electrons. The highest BCUT2D eigenvalue weighted by Crippen LogP contribution is 2.29. The molecule has 0 aliphatic carbocycles. The number of fused-ring (bicyclic) bond motifs is 1. The van der Waals surface area contributed by atoms with Crippen molar-refractivity contribution in [2.75, 3.05) is 7.11 Å². The Morgan fingerprint density at radius 3 is 2.68 bits per heavy atom. The predicted molar refractivity (Wildman–Crippen MR) is 77.5 cm³/mol. The third-order valence-corrected chi connectivity index (χ3v) is 3.18. The maximum atomic E-state index is 11.1. The Bertz CT molecular complexity index is 592. The molecule has 0 heterocycles. The lowest BCUT2D eigenvalue weighted by molar-refractivity contribution is -0.119. The second kappa shape index (κ2) is 5.74. The second-order valence-corrected chi connectivity index (χ2v) is 4.77. The van der Waals surface area contributed by atoms with Crippen LogP contribution in [0.5, 0.6) is 5.75 Å². The largest absolute Gasteiger partial charge is 0.496 e. The van der Waals surface area contributed by atoms with Gasteiger partial charge in [-0.05, 0) is 30.2 Å². The fraction of sp³-hybridized carbons (Fsp3) is 0.312. The van der Waals surface area contributed by atoms with Crippen molar-refractivity contribution in [3.05, 3.63) is 42.0 Å². The van der Waals surface area contributed by atoms with E-state index in [0.717, 1.165) is 17.7 Å². The minimum atomic E-state index is -0.00768. The molecule has 1 N–H and O–H groups in total. The number of methoxy groups -OCH3 is 1. The molecule has 0 saturated heterocycles. The van der Waals surface area contributed by atoms with E-state index in [4.69, 9.17) is 4.74 Å². The van der Waals surface area contributed by atoms with Crippen molar-refractivity contribution in [3.8, 4) is 5.75 Å². The van der Waals surface area contributed by atoms with E-state index in [2.05, 4.69) is 23.5 Å². The number of carbonyl (C=O) groups excluding carboxylic acids is 1. The minimum absolute atomic E-state index is 0.00768. The van der Waals surface area contributed by atoms with Crippen molar-refractivity contribution >= 4 is 16.7 Å². The SMILES string of the molecule is COc1ccc2ccccc2c1C[C@H](C)NC(C)=O. The summed E-state index contributed by atoms with van der Waals surface area (Å²) in [6.07, 6.45) is 0.754. The van der Waals surface area contributed by atoms with Gasteiger partial charge in [-0.1, -0.05) is 30.3 Å². The highest BCUT2D eigenvalue weighted by atomic mass is 16.5. The van der Waals surface area contributed by atoms with Gasteiger partial charge in [-0.2, -0.15) is 0 Å². The van der Waals surface area contributed by atoms with Crippen LogP contribution in [0.3, 0.4) is 0 Å². The summed E-state index contributed by atoms with van der Waals surface area (Å²) < 4.78 is 5.45. The molecule has 2 rings (SSSR count). The van der Waals surface area contributed by atoms with Gasteiger partial charge in [0.25, 0.3) is 0 Å². The van der Waals surface area contributed by atoms with Gasteiger partial charge < -0.3 is 10.1 Å². The number of hydrogen-bond acceptors (Lipinski definition) is 2. The lowest BCUT2D eigenvalue weighted by Gasteiger charge is -2.17. The first kappa shape index (κ1) is 13.4. The first-order chi connectivity index (χ1) is 9.11. The van der Waals surface area contributed by atoms with Crippen molar-refractivity contribution in [1.29, 1.82) is 0 Å². The van der Waals surface area contributed by atoms with E-state index in [1.807, 2.05) is 25.1 Å². The summed E-state index contributed by atoms with van der Waals surface area (Å²) in [4.78, 5) is 11.1. The lowest BCUT2D eigenvalue weighted by Crippen LogP contribution is -2.32. The third kappa shape index (κ3) is 3.05. The zero-order valence-corrected chi connectivity index (χ0v) is 11.6. The van der Waals surface area contributed by atoms with Gasteiger partial charge in [-0.3, -0.25) is 4.79 Å². The molecule has 0 fully saturated rings. The molecule has 1 amide bonds. The second-order valence-electron chi connectivity index (χ2n) is 4.77. The summed E-state index contributed by atoms with van der Waals surface area (Å²) in [6, 6.07) is 12.3. The van der Waals surface area contributed by atoms with Crippen LogP contribution < -0.4 is 10.1 Å². The van der Waals surface area contributed by atoms with Crippen LogP contribution in [0, 0.1) is 0 Å². The standard InChI is InChI=1S/C16H19NO2/c1-11(17-12(2)18)10-15-14-7-5-4-6-13(14)8-9-16(15)19-3/h4-9,11H,10H2,1-3H3,(H,17,18)/t11-/m0/s1. The summed E-state index contributed by atoms with van der Waals surface area (Å²) in [5.41, 5.74) is 1.14. The smallest absolute Gasteiger partial charge is 0.217 e. The number of rotatable bonds is 4. The fourth-order valence-corrected chi connectivity index (χ4v) is 2.42. The Balaban J connectivity index is 2.41. The van der Waals surface area contributed by atoms with Crippen molar-refractivity contribution in [3.63, 3.8) is 0 Å². The van der Waals surface area contributed by atoms with Gasteiger partial charge in [0.1, 0.15) is 5.75 Å². The third-order valence-electron chi connectivity index (χ3n) is 3.18. The molecule has 0 radical (unpaired) electrons. The average molecular weight is 257 g/mol. The van der Waals surface area contributed by atoms with E-state index in [1.165, 1.54) is 17.7 Å². The lowest BCUT2D eigenvalue weighted by atomic mass is 9.98. The Morgan fingerprint density at radius 1 is 1.26 bits per heavy atom. The van der Waals surface area contributed by atoms with E-state index < -0.39 is 0 Å². The topological polar surface area (TPSA) is 38.3 Å². The monoisotopic (exact) mass is 257 g/mol. The van der Waals surface area contributed by atoms with Crippen LogP contribution in [0.2, 0.25) is 0 Å². The molecule has 3 nitrogen and oxygen atoms in total. The highest BCUT2D eigenvalue weighted by molar-refractivity contribution is 5.88. The van der Waals surface area contributed by atoms with Gasteiger partial charge in [0, 0.05) is 18.5 Å². The highest BCUT2D eigenvalue weighted by Gasteiger charge is 2.12. The number of hydrogen-bond donors (Lipinski definition) is 1. The van der Waals surface area contributed by atoms with Gasteiger partial charge in [-0.15, -0.1) is 0 Å². The first-order valence-corrected chi connectivity index (χ1v) is 6.43. The van der Waals surface area contributed by atoms with Crippen LogP contribution in [0.1, 0.15) is 19.4 Å². The Labute approximate surface area is 113 Å². The first-order valence-electron chi connectivity index (χ1n) is 6.43. The molecule has 2 aromatic carbocycles. The predicted octanol–water partition coefficient (Wildman–Crippen LogP) is 2.92. The molecule has 1 atom stereocenters. The van der Waals surface area contributed by atoms with Crippen LogP contribution in [0.25, 0.3) is 10.8 Å². The van der Waals surface area contributed by atoms with Crippen LogP contribution in [0.4, 0.5) is 0 Å². The number of benzene rings is 2. The maximum absolute atomic E-state index is 11.1. The van der Waals surface area contributed by atoms with E-state index in [1.54, 1.807) is 7.11 Å². The summed E-state index contributed by atoms with van der Waals surface area (Å²) in [5.74, 6) is 0.864. The van der Waals surface area contributed by atoms with Crippen LogP contribution >= 0.6 is 0 Å². The quantitative estimate of drug-likeness (QED) is 0.914. The number of carbonyl (C=O) groups is 1. The van der Waals surface area contributed by atoms with Crippen molar-refractivity contribution < 1.29 is 9.53 Å². The Kier molecular flexibility index (Phi) is 4.05. The molecule has 3 heteroatoms. The maximum Gasteiger partial charge on any atom is 0.217 e. The molecule has 0 bridgehead atoms. The Morgan fingerprint density at radius 2 is 2.00 bits per heavy atom. The van der Waals surface area contributed by atoms with Gasteiger partial charge in [0.2, 0.25) is 5.91 Å². The molecule has 0 spiro atoms. The fourth-order valence-electron chi connectivity index (χ4n) is 2.42. The summed E-state index contributed by atoms with van der Waals surface area (Å²) >= 11 is 0. The number of nitrogens with one attached hydrogen (secondary N) is 1. The van der Waals surface area contributed by atoms with Crippen LogP contribution in [-0.2, 0) is 11.2 Å². The van der Waals surface area contributed by atoms with E-state index >= 15 is 0 Å². The van der Waals surface area contributed by atoms with E-state index in [-0.39, 0.29) is 11.9 Å². The molecular weight excluding hydrogens is 238 g/mol. The molecular formula is C16H19NO2. The van der Waals surface area contributed by atoms with E-state index in [9.17, 15) is 4.79 Å². The van der Waals surface area contributed by atoms with Gasteiger partial charge in [0.05, 0.1) is 7.11 Å². The van der Waals surface area contributed by atoms with Crippen LogP contribution in [0.15, 0.2) is 36.4 Å². The normalized spacial score (nSPS) is 12.2. The minimum Gasteiger partial charge on any atom is -0.496 e. The number of amides is 1. The molecule has 2 aromatic rings. The summed E-state index contributed by atoms with van der Waals surface area (Å²) in [6.45, 7) is 3.54. The molecule has 0 saturated carbocycles. The Hall–Kier alpha value is -2.03. The van der Waals surface area contributed by atoms with Gasteiger partial charge >= 0.3 is 0 Å². The van der Waals surface area contributed by atoms with Crippen molar-refractivity contribution in [1.82, 2.24) is 5.32 Å². The van der Waals surface area contributed by atoms with E-state index in [0.29, 0.717) is 0 Å². The van der Waals surface area contributed by atoms with Gasteiger partial charge in [-0.25, -0.2) is 0 Å². The molecule has 19 heavy (non-hydrogen) atoms. The molecule has 0 aromatic heterocycles. The summed E-state index contributed by atoms with van der Waals surface area (Å²) in [5, 5.41) is 5.28. The zero-order valence-electron chi connectivity index (χ0n) is 11.6. The molecule has 0 aliphatic heterocycles. The number of ether oxygens (including phenoxy) is 1. The molecule has 0 unspecified atom stereocenters. The van der Waals surface area contributed by atoms with Gasteiger partial charge in [0.15, 0.2) is 0 Å².